The predicted molar refractivity (Wildman–Crippen MR) is 78.6 cm³/mol. The summed E-state index contributed by atoms with van der Waals surface area (Å²) in [6.07, 6.45) is 5.58. The van der Waals surface area contributed by atoms with Gasteiger partial charge in [-0.15, -0.1) is 0 Å². The number of carbonyl (C=O) groups excluding carboxylic acids is 1. The molecule has 7 heteroatoms. The number of hydrogen-bond acceptors (Lipinski definition) is 7. The Morgan fingerprint density at radius 3 is 2.94 bits per heavy atom. The standard InChI is InChI=1S/C11H19N3O2S2/c1-16-11(15)8-9(12)14-18-10(8)13-6-4-3-5-7-17-2/h13H,3-7H2,1-2H3,(H2,12,14). The van der Waals surface area contributed by atoms with E-state index in [4.69, 9.17) is 5.73 Å². The molecule has 0 aliphatic heterocycles. The number of rotatable bonds is 8. The Labute approximate surface area is 116 Å². The summed E-state index contributed by atoms with van der Waals surface area (Å²) in [5, 5.41) is 3.89. The molecule has 0 atom stereocenters. The fourth-order valence-electron chi connectivity index (χ4n) is 1.47. The van der Waals surface area contributed by atoms with Gasteiger partial charge >= 0.3 is 5.97 Å². The summed E-state index contributed by atoms with van der Waals surface area (Å²) in [6, 6.07) is 0. The topological polar surface area (TPSA) is 77.2 Å². The summed E-state index contributed by atoms with van der Waals surface area (Å²) in [6.45, 7) is 0.819. The number of nitrogens with two attached hydrogens (primary N) is 1. The van der Waals surface area contributed by atoms with Crippen molar-refractivity contribution in [1.82, 2.24) is 4.37 Å². The number of aromatic nitrogens is 1. The molecule has 102 valence electrons. The number of nitrogens with zero attached hydrogens (tertiary/aromatic N) is 1. The molecule has 0 amide bonds. The number of methoxy groups -OCH3 is 1. The third-order valence-corrected chi connectivity index (χ3v) is 3.93. The number of carbonyl (C=O) groups is 1. The normalized spacial score (nSPS) is 10.3. The zero-order valence-electron chi connectivity index (χ0n) is 10.7. The Morgan fingerprint density at radius 2 is 2.28 bits per heavy atom. The first-order chi connectivity index (χ1) is 8.70. The predicted octanol–water partition coefficient (Wildman–Crippen LogP) is 2.46. The van der Waals surface area contributed by atoms with E-state index in [9.17, 15) is 4.79 Å². The van der Waals surface area contributed by atoms with Gasteiger partial charge in [-0.2, -0.15) is 16.1 Å². The number of esters is 1. The number of nitrogens with one attached hydrogen (secondary N) is 1. The highest BCUT2D eigenvalue weighted by molar-refractivity contribution is 7.98. The van der Waals surface area contributed by atoms with E-state index in [0.29, 0.717) is 10.6 Å². The second-order valence-electron chi connectivity index (χ2n) is 3.74. The van der Waals surface area contributed by atoms with Crippen molar-refractivity contribution in [3.05, 3.63) is 5.56 Å². The summed E-state index contributed by atoms with van der Waals surface area (Å²) in [5.41, 5.74) is 6.00. The van der Waals surface area contributed by atoms with Crippen molar-refractivity contribution in [2.45, 2.75) is 19.3 Å². The molecule has 0 fully saturated rings. The highest BCUT2D eigenvalue weighted by Crippen LogP contribution is 2.27. The average molecular weight is 289 g/mol. The average Bonchev–Trinajstić information content (AvgIpc) is 2.74. The molecule has 1 aromatic heterocycles. The fraction of sp³-hybridized carbons (Fsp3) is 0.636. The number of unbranched alkanes of at least 4 members (excludes halogenated alkanes) is 2. The van der Waals surface area contributed by atoms with Crippen molar-refractivity contribution < 1.29 is 9.53 Å². The summed E-state index contributed by atoms with van der Waals surface area (Å²) >= 11 is 3.06. The summed E-state index contributed by atoms with van der Waals surface area (Å²) in [4.78, 5) is 11.5. The molecule has 18 heavy (non-hydrogen) atoms. The van der Waals surface area contributed by atoms with Crippen LogP contribution in [0, 0.1) is 0 Å². The van der Waals surface area contributed by atoms with E-state index in [-0.39, 0.29) is 5.82 Å². The van der Waals surface area contributed by atoms with Crippen molar-refractivity contribution in [2.75, 3.05) is 36.7 Å². The summed E-state index contributed by atoms with van der Waals surface area (Å²) in [7, 11) is 1.34. The fourth-order valence-corrected chi connectivity index (χ4v) is 2.69. The van der Waals surface area contributed by atoms with Gasteiger partial charge < -0.3 is 15.8 Å². The van der Waals surface area contributed by atoms with Crippen LogP contribution in [0.5, 0.6) is 0 Å². The first-order valence-corrected chi connectivity index (χ1v) is 7.93. The van der Waals surface area contributed by atoms with E-state index in [1.807, 2.05) is 11.8 Å². The Kier molecular flexibility index (Phi) is 6.89. The Bertz CT molecular complexity index is 382. The molecule has 1 rings (SSSR count). The maximum absolute atomic E-state index is 11.5. The molecule has 0 radical (unpaired) electrons. The number of nitrogen functional groups attached to an aromatic ring is 1. The van der Waals surface area contributed by atoms with Crippen LogP contribution in [0.15, 0.2) is 0 Å². The van der Waals surface area contributed by atoms with E-state index in [1.165, 1.54) is 37.2 Å². The van der Waals surface area contributed by atoms with Gasteiger partial charge in [0.25, 0.3) is 0 Å². The molecule has 0 saturated carbocycles. The van der Waals surface area contributed by atoms with Gasteiger partial charge in [0.15, 0.2) is 5.82 Å². The van der Waals surface area contributed by atoms with Gasteiger partial charge in [0.05, 0.1) is 7.11 Å². The maximum atomic E-state index is 11.5. The molecule has 3 N–H and O–H groups in total. The lowest BCUT2D eigenvalue weighted by molar-refractivity contribution is 0.0603. The zero-order chi connectivity index (χ0) is 13.4. The van der Waals surface area contributed by atoms with Crippen LogP contribution in [0.2, 0.25) is 0 Å². The lowest BCUT2D eigenvalue weighted by Gasteiger charge is -2.05. The quantitative estimate of drug-likeness (QED) is 0.565. The highest BCUT2D eigenvalue weighted by Gasteiger charge is 2.19. The van der Waals surface area contributed by atoms with Crippen LogP contribution in [0.1, 0.15) is 29.6 Å². The van der Waals surface area contributed by atoms with Gasteiger partial charge in [-0.25, -0.2) is 4.79 Å². The monoisotopic (exact) mass is 289 g/mol. The Hall–Kier alpha value is -0.950. The second kappa shape index (κ2) is 8.20. The van der Waals surface area contributed by atoms with E-state index in [1.54, 1.807) is 0 Å². The van der Waals surface area contributed by atoms with Gasteiger partial charge in [-0.3, -0.25) is 0 Å². The maximum Gasteiger partial charge on any atom is 0.344 e. The summed E-state index contributed by atoms with van der Waals surface area (Å²) < 4.78 is 8.65. The van der Waals surface area contributed by atoms with Crippen LogP contribution in [0.4, 0.5) is 10.8 Å². The van der Waals surface area contributed by atoms with Crippen LogP contribution in [-0.2, 0) is 4.74 Å². The third-order valence-electron chi connectivity index (χ3n) is 2.42. The number of thioether (sulfide) groups is 1. The molecule has 0 unspecified atom stereocenters. The minimum Gasteiger partial charge on any atom is -0.465 e. The molecule has 0 aromatic carbocycles. The van der Waals surface area contributed by atoms with Crippen LogP contribution in [0.25, 0.3) is 0 Å². The molecule has 0 bridgehead atoms. The zero-order valence-corrected chi connectivity index (χ0v) is 12.3. The number of ether oxygens (including phenoxy) is 1. The SMILES string of the molecule is COC(=O)c1c(N)nsc1NCCCCCSC. The lowest BCUT2D eigenvalue weighted by atomic mass is 10.2. The highest BCUT2D eigenvalue weighted by atomic mass is 32.2. The van der Waals surface area contributed by atoms with Gasteiger partial charge in [0.2, 0.25) is 0 Å². The van der Waals surface area contributed by atoms with Crippen molar-refractivity contribution >= 4 is 40.1 Å². The third kappa shape index (κ3) is 4.38. The summed E-state index contributed by atoms with van der Waals surface area (Å²) in [5.74, 6) is 0.990. The van der Waals surface area contributed by atoms with Crippen molar-refractivity contribution in [2.24, 2.45) is 0 Å². The molecule has 0 aliphatic carbocycles. The van der Waals surface area contributed by atoms with Gasteiger partial charge in [0, 0.05) is 6.54 Å². The molecule has 0 spiro atoms. The van der Waals surface area contributed by atoms with E-state index >= 15 is 0 Å². The van der Waals surface area contributed by atoms with Gasteiger partial charge in [0.1, 0.15) is 10.6 Å². The molecule has 1 heterocycles. The number of hydrogen-bond donors (Lipinski definition) is 2. The molecule has 1 aromatic rings. The van der Waals surface area contributed by atoms with Crippen molar-refractivity contribution in [3.8, 4) is 0 Å². The van der Waals surface area contributed by atoms with E-state index in [2.05, 4.69) is 20.7 Å². The molecule has 5 nitrogen and oxygen atoms in total. The van der Waals surface area contributed by atoms with Gasteiger partial charge in [-0.05, 0) is 36.4 Å². The van der Waals surface area contributed by atoms with Crippen LogP contribution in [-0.4, -0.2) is 36.0 Å². The van der Waals surface area contributed by atoms with Gasteiger partial charge in [-0.1, -0.05) is 6.42 Å². The lowest BCUT2D eigenvalue weighted by Crippen LogP contribution is -2.09. The first-order valence-electron chi connectivity index (χ1n) is 5.77. The molecule has 0 saturated heterocycles. The van der Waals surface area contributed by atoms with Crippen LogP contribution >= 0.6 is 23.3 Å². The van der Waals surface area contributed by atoms with Crippen LogP contribution in [0.3, 0.4) is 0 Å². The smallest absolute Gasteiger partial charge is 0.344 e. The second-order valence-corrected chi connectivity index (χ2v) is 5.50. The minimum absolute atomic E-state index is 0.233. The Balaban J connectivity index is 2.40. The number of anilines is 2. The molecular weight excluding hydrogens is 270 g/mol. The van der Waals surface area contributed by atoms with Crippen molar-refractivity contribution in [1.29, 1.82) is 0 Å². The molecule has 0 aliphatic rings. The van der Waals surface area contributed by atoms with E-state index in [0.717, 1.165) is 13.0 Å². The molecular formula is C11H19N3O2S2. The van der Waals surface area contributed by atoms with Crippen LogP contribution < -0.4 is 11.1 Å². The minimum atomic E-state index is -0.439. The first kappa shape index (κ1) is 15.1. The largest absolute Gasteiger partial charge is 0.465 e. The van der Waals surface area contributed by atoms with Crippen molar-refractivity contribution in [3.63, 3.8) is 0 Å². The Morgan fingerprint density at radius 1 is 1.50 bits per heavy atom. The van der Waals surface area contributed by atoms with E-state index < -0.39 is 5.97 Å².